The molecule has 91 heavy (non-hydrogen) atoms. The summed E-state index contributed by atoms with van der Waals surface area (Å²) in [5.41, 5.74) is 0. The van der Waals surface area contributed by atoms with Crippen LogP contribution in [0.25, 0.3) is 0 Å². The Balaban J connectivity index is 5.24. The highest BCUT2D eigenvalue weighted by molar-refractivity contribution is 7.47. The van der Waals surface area contributed by atoms with Crippen molar-refractivity contribution < 1.29 is 80.2 Å². The van der Waals surface area contributed by atoms with Crippen LogP contribution in [0.15, 0.2) is 0 Å². The molecule has 0 aliphatic heterocycles. The zero-order valence-corrected chi connectivity index (χ0v) is 61.3. The summed E-state index contributed by atoms with van der Waals surface area (Å²) in [5.74, 6) is 0.899. The first-order valence-corrected chi connectivity index (χ1v) is 40.3. The lowest BCUT2D eigenvalue weighted by Gasteiger charge is -2.21. The van der Waals surface area contributed by atoms with Crippen molar-refractivity contribution in [2.24, 2.45) is 23.7 Å². The number of carbonyl (C=O) groups is 4. The van der Waals surface area contributed by atoms with Crippen LogP contribution in [0.1, 0.15) is 357 Å². The lowest BCUT2D eigenvalue weighted by Crippen LogP contribution is -2.30. The van der Waals surface area contributed by atoms with Gasteiger partial charge in [-0.1, -0.05) is 306 Å². The van der Waals surface area contributed by atoms with E-state index < -0.39 is 97.5 Å². The molecule has 0 aromatic rings. The lowest BCUT2D eigenvalue weighted by atomic mass is 9.99. The van der Waals surface area contributed by atoms with Crippen LogP contribution in [0.2, 0.25) is 0 Å². The second kappa shape index (κ2) is 61.6. The molecule has 0 spiro atoms. The molecule has 17 nitrogen and oxygen atoms in total. The summed E-state index contributed by atoms with van der Waals surface area (Å²) in [6, 6.07) is 0. The van der Waals surface area contributed by atoms with Crippen LogP contribution >= 0.6 is 15.6 Å². The van der Waals surface area contributed by atoms with Gasteiger partial charge in [-0.25, -0.2) is 9.13 Å². The minimum Gasteiger partial charge on any atom is -0.462 e. The molecule has 0 aromatic heterocycles. The number of hydrogen-bond donors (Lipinski definition) is 3. The summed E-state index contributed by atoms with van der Waals surface area (Å²) in [6.45, 7) is 14.1. The van der Waals surface area contributed by atoms with Gasteiger partial charge in [0.15, 0.2) is 12.2 Å². The van der Waals surface area contributed by atoms with Crippen molar-refractivity contribution in [3.05, 3.63) is 0 Å². The van der Waals surface area contributed by atoms with Gasteiger partial charge >= 0.3 is 39.5 Å². The third-order valence-electron chi connectivity index (χ3n) is 17.3. The van der Waals surface area contributed by atoms with Crippen molar-refractivity contribution in [3.8, 4) is 0 Å². The van der Waals surface area contributed by atoms with E-state index in [4.69, 9.17) is 37.0 Å². The molecule has 4 unspecified atom stereocenters. The molecular formula is C72H140O17P2. The van der Waals surface area contributed by atoms with E-state index in [1.165, 1.54) is 154 Å². The molecule has 0 amide bonds. The van der Waals surface area contributed by atoms with Gasteiger partial charge < -0.3 is 33.8 Å². The number of aliphatic hydroxyl groups excluding tert-OH is 1. The van der Waals surface area contributed by atoms with Crippen LogP contribution in [0.3, 0.4) is 0 Å². The van der Waals surface area contributed by atoms with Crippen molar-refractivity contribution in [1.29, 1.82) is 0 Å². The van der Waals surface area contributed by atoms with Crippen LogP contribution in [0.5, 0.6) is 0 Å². The number of hydrogen-bond acceptors (Lipinski definition) is 15. The van der Waals surface area contributed by atoms with E-state index in [1.807, 2.05) is 0 Å². The Hall–Kier alpha value is -1.94. The molecule has 0 saturated heterocycles. The molecule has 0 saturated carbocycles. The van der Waals surface area contributed by atoms with Gasteiger partial charge in [0.2, 0.25) is 0 Å². The Morgan fingerprint density at radius 1 is 0.308 bits per heavy atom. The van der Waals surface area contributed by atoms with E-state index in [-0.39, 0.29) is 25.7 Å². The topological polar surface area (TPSA) is 237 Å². The van der Waals surface area contributed by atoms with Crippen LogP contribution in [0.4, 0.5) is 0 Å². The molecule has 0 radical (unpaired) electrons. The number of phosphoric acid groups is 2. The smallest absolute Gasteiger partial charge is 0.462 e. The van der Waals surface area contributed by atoms with Gasteiger partial charge in [0.05, 0.1) is 26.4 Å². The third kappa shape index (κ3) is 63.9. The first-order chi connectivity index (χ1) is 43.7. The molecule has 3 N–H and O–H groups in total. The molecule has 0 fully saturated rings. The van der Waals surface area contributed by atoms with Crippen molar-refractivity contribution in [2.45, 2.75) is 375 Å². The monoisotopic (exact) mass is 1340 g/mol. The molecule has 0 aliphatic carbocycles. The predicted octanol–water partition coefficient (Wildman–Crippen LogP) is 20.5. The standard InChI is InChI=1S/C72H140O17P2/c1-9-64(7)50-42-34-26-20-17-18-22-28-38-46-54-71(76)88-67(58-82-69(74)52-44-36-27-21-16-14-12-11-13-15-19-24-32-40-48-62(3)4)60-86-90(78,79)84-56-66(73)57-85-91(80,81)87-61-68(89-72(77)55-47-39-29-23-25-33-41-49-63(5)6)59-83-70(75)53-45-37-31-30-35-43-51-65(8)10-2/h62-68,73H,9-61H2,1-8H3,(H,78,79)(H,80,81)/t64?,65?,66-,67-,68-/m1/s1. The fraction of sp³-hybridized carbons (Fsp3) is 0.944. The Morgan fingerprint density at radius 3 is 0.780 bits per heavy atom. The quantitative estimate of drug-likeness (QED) is 0.0222. The number of ether oxygens (including phenoxy) is 4. The minimum absolute atomic E-state index is 0.102. The first kappa shape index (κ1) is 89.1. The third-order valence-corrected chi connectivity index (χ3v) is 19.2. The van der Waals surface area contributed by atoms with Gasteiger partial charge in [-0.05, 0) is 49.4 Å². The number of aliphatic hydroxyl groups is 1. The van der Waals surface area contributed by atoms with Gasteiger partial charge in [0.1, 0.15) is 19.3 Å². The molecule has 7 atom stereocenters. The first-order valence-electron chi connectivity index (χ1n) is 37.3. The Bertz CT molecular complexity index is 1800. The maximum Gasteiger partial charge on any atom is 0.472 e. The molecule has 0 aromatic carbocycles. The van der Waals surface area contributed by atoms with Crippen LogP contribution in [-0.4, -0.2) is 96.7 Å². The molecule has 19 heteroatoms. The molecule has 0 aliphatic rings. The lowest BCUT2D eigenvalue weighted by molar-refractivity contribution is -0.161. The fourth-order valence-electron chi connectivity index (χ4n) is 10.8. The van der Waals surface area contributed by atoms with Gasteiger partial charge in [0.25, 0.3) is 0 Å². The van der Waals surface area contributed by atoms with E-state index in [0.717, 1.165) is 114 Å². The predicted molar refractivity (Wildman–Crippen MR) is 367 cm³/mol. The van der Waals surface area contributed by atoms with E-state index in [9.17, 15) is 43.2 Å². The second-order valence-corrected chi connectivity index (χ2v) is 30.3. The number of phosphoric ester groups is 2. The largest absolute Gasteiger partial charge is 0.472 e. The van der Waals surface area contributed by atoms with Crippen LogP contribution < -0.4 is 0 Å². The highest BCUT2D eigenvalue weighted by Gasteiger charge is 2.30. The van der Waals surface area contributed by atoms with Gasteiger partial charge in [-0.3, -0.25) is 37.3 Å². The summed E-state index contributed by atoms with van der Waals surface area (Å²) in [6.07, 6.45) is 44.5. The van der Waals surface area contributed by atoms with E-state index in [1.54, 1.807) is 0 Å². The minimum atomic E-state index is -4.95. The zero-order valence-electron chi connectivity index (χ0n) is 59.5. The number of rotatable bonds is 69. The summed E-state index contributed by atoms with van der Waals surface area (Å²) in [7, 11) is -9.91. The van der Waals surface area contributed by atoms with E-state index in [2.05, 4.69) is 55.4 Å². The highest BCUT2D eigenvalue weighted by atomic mass is 31.2. The normalized spacial score (nSPS) is 14.8. The average Bonchev–Trinajstić information content (AvgIpc) is 3.25. The average molecular weight is 1340 g/mol. The molecule has 0 bridgehead atoms. The zero-order chi connectivity index (χ0) is 67.5. The van der Waals surface area contributed by atoms with Gasteiger partial charge in [0, 0.05) is 25.7 Å². The van der Waals surface area contributed by atoms with Crippen molar-refractivity contribution in [1.82, 2.24) is 0 Å². The molecular weight excluding hydrogens is 1200 g/mol. The van der Waals surface area contributed by atoms with E-state index in [0.29, 0.717) is 31.6 Å². The Labute approximate surface area is 556 Å². The maximum atomic E-state index is 13.0. The van der Waals surface area contributed by atoms with Crippen molar-refractivity contribution in [3.63, 3.8) is 0 Å². The maximum absolute atomic E-state index is 13.0. The number of unbranched alkanes of at least 4 members (excludes halogenated alkanes) is 33. The Morgan fingerprint density at radius 2 is 0.527 bits per heavy atom. The van der Waals surface area contributed by atoms with Gasteiger partial charge in [-0.2, -0.15) is 0 Å². The molecule has 0 heterocycles. The van der Waals surface area contributed by atoms with Crippen LogP contribution in [-0.2, 0) is 65.4 Å². The summed E-state index contributed by atoms with van der Waals surface area (Å²) < 4.78 is 68.3. The summed E-state index contributed by atoms with van der Waals surface area (Å²) in [5, 5.41) is 10.6. The van der Waals surface area contributed by atoms with Crippen molar-refractivity contribution in [2.75, 3.05) is 39.6 Å². The molecule has 0 rings (SSSR count). The number of carbonyl (C=O) groups excluding carboxylic acids is 4. The molecule has 540 valence electrons. The van der Waals surface area contributed by atoms with E-state index >= 15 is 0 Å². The SMILES string of the molecule is CCC(C)CCCCCCCCCCCCC(=O)O[C@H](COC(=O)CCCCCCCCCCCCCCCCC(C)C)COP(=O)(O)OC[C@@H](O)COP(=O)(O)OC[C@@H](COC(=O)CCCCCCCCC(C)CC)OC(=O)CCCCCCCCCC(C)C. The second-order valence-electron chi connectivity index (χ2n) is 27.4. The highest BCUT2D eigenvalue weighted by Crippen LogP contribution is 2.45. The van der Waals surface area contributed by atoms with Crippen molar-refractivity contribution >= 4 is 39.5 Å². The van der Waals surface area contributed by atoms with Crippen LogP contribution in [0, 0.1) is 23.7 Å². The summed E-state index contributed by atoms with van der Waals surface area (Å²) in [4.78, 5) is 72.6. The Kier molecular flexibility index (Phi) is 60.3. The fourth-order valence-corrected chi connectivity index (χ4v) is 12.4. The van der Waals surface area contributed by atoms with Gasteiger partial charge in [-0.15, -0.1) is 0 Å². The number of esters is 4. The summed E-state index contributed by atoms with van der Waals surface area (Å²) >= 11 is 0.